The van der Waals surface area contributed by atoms with Gasteiger partial charge in [0, 0.05) is 7.11 Å². The molecule has 2 atom stereocenters. The summed E-state index contributed by atoms with van der Waals surface area (Å²) in [6.07, 6.45) is 0.222. The second-order valence-corrected chi connectivity index (χ2v) is 3.72. The van der Waals surface area contributed by atoms with Crippen LogP contribution in [-0.4, -0.2) is 48.8 Å². The smallest absolute Gasteiger partial charge is 0.0774 e. The molecule has 0 fully saturated rings. The monoisotopic (exact) mass is 206 g/mol. The third-order valence-electron chi connectivity index (χ3n) is 1.81. The highest BCUT2D eigenvalue weighted by molar-refractivity contribution is 4.60. The van der Waals surface area contributed by atoms with Crippen molar-refractivity contribution >= 4 is 0 Å². The molecule has 0 aromatic heterocycles. The topological polar surface area (TPSA) is 58.9 Å². The van der Waals surface area contributed by atoms with E-state index in [1.165, 1.54) is 0 Å². The zero-order chi connectivity index (χ0) is 11.0. The molecule has 0 radical (unpaired) electrons. The molecule has 0 spiro atoms. The van der Waals surface area contributed by atoms with Gasteiger partial charge in [-0.1, -0.05) is 0 Å². The second-order valence-electron chi connectivity index (χ2n) is 3.72. The fourth-order valence-corrected chi connectivity index (χ4v) is 1.05. The Bertz CT molecular complexity index is 127. The Balaban J connectivity index is 3.38. The first-order chi connectivity index (χ1) is 6.56. The van der Waals surface area contributed by atoms with Crippen molar-refractivity contribution in [2.75, 3.05) is 20.3 Å². The Kier molecular flexibility index (Phi) is 8.08. The number of rotatable bonds is 8. The summed E-state index contributed by atoms with van der Waals surface area (Å²) in [4.78, 5) is 0. The van der Waals surface area contributed by atoms with E-state index in [0.29, 0.717) is 26.1 Å². The van der Waals surface area contributed by atoms with Gasteiger partial charge in [-0.2, -0.15) is 0 Å². The summed E-state index contributed by atoms with van der Waals surface area (Å²) >= 11 is 0. The van der Waals surface area contributed by atoms with Crippen molar-refractivity contribution in [3.8, 4) is 0 Å². The number of hydrogen-bond donors (Lipinski definition) is 2. The molecule has 86 valence electrons. The first-order valence-electron chi connectivity index (χ1n) is 5.03. The van der Waals surface area contributed by atoms with Crippen LogP contribution in [0.2, 0.25) is 0 Å². The van der Waals surface area contributed by atoms with Crippen molar-refractivity contribution < 1.29 is 19.7 Å². The van der Waals surface area contributed by atoms with Gasteiger partial charge in [-0.15, -0.1) is 0 Å². The van der Waals surface area contributed by atoms with Crippen LogP contribution in [0.5, 0.6) is 0 Å². The van der Waals surface area contributed by atoms with Crippen LogP contribution in [0.1, 0.15) is 26.7 Å². The Hall–Kier alpha value is -0.160. The highest BCUT2D eigenvalue weighted by Crippen LogP contribution is 2.03. The average molecular weight is 206 g/mol. The van der Waals surface area contributed by atoms with Crippen molar-refractivity contribution in [1.29, 1.82) is 0 Å². The minimum atomic E-state index is -0.496. The molecule has 0 heterocycles. The molecular formula is C10H22O4. The molecule has 4 nitrogen and oxygen atoms in total. The summed E-state index contributed by atoms with van der Waals surface area (Å²) < 4.78 is 10.0. The minimum absolute atomic E-state index is 0.133. The molecule has 0 aromatic carbocycles. The summed E-state index contributed by atoms with van der Waals surface area (Å²) in [5.74, 6) is 0. The standard InChI is InChI=1S/C10H22O4/c1-8(2)14-7-10(12)5-4-9(11)6-13-3/h8-12H,4-7H2,1-3H3. The third kappa shape index (κ3) is 8.44. The third-order valence-corrected chi connectivity index (χ3v) is 1.81. The predicted molar refractivity (Wildman–Crippen MR) is 54.2 cm³/mol. The van der Waals surface area contributed by atoms with E-state index in [2.05, 4.69) is 0 Å². The van der Waals surface area contributed by atoms with Crippen LogP contribution < -0.4 is 0 Å². The largest absolute Gasteiger partial charge is 0.391 e. The van der Waals surface area contributed by atoms with E-state index in [9.17, 15) is 10.2 Å². The van der Waals surface area contributed by atoms with Crippen LogP contribution in [0.4, 0.5) is 0 Å². The summed E-state index contributed by atoms with van der Waals surface area (Å²) in [7, 11) is 1.54. The molecule has 4 heteroatoms. The normalized spacial score (nSPS) is 15.9. The van der Waals surface area contributed by atoms with Gasteiger partial charge in [0.2, 0.25) is 0 Å². The van der Waals surface area contributed by atoms with E-state index in [-0.39, 0.29) is 6.10 Å². The van der Waals surface area contributed by atoms with Crippen LogP contribution in [0.15, 0.2) is 0 Å². The van der Waals surface area contributed by atoms with E-state index >= 15 is 0 Å². The molecule has 0 saturated carbocycles. The fourth-order valence-electron chi connectivity index (χ4n) is 1.05. The van der Waals surface area contributed by atoms with Crippen LogP contribution in [-0.2, 0) is 9.47 Å². The van der Waals surface area contributed by atoms with Gasteiger partial charge in [-0.05, 0) is 26.7 Å². The zero-order valence-electron chi connectivity index (χ0n) is 9.27. The van der Waals surface area contributed by atoms with Crippen LogP contribution >= 0.6 is 0 Å². The van der Waals surface area contributed by atoms with Crippen molar-refractivity contribution in [2.45, 2.75) is 45.0 Å². The molecule has 0 rings (SSSR count). The molecular weight excluding hydrogens is 184 g/mol. The lowest BCUT2D eigenvalue weighted by Crippen LogP contribution is -2.22. The lowest BCUT2D eigenvalue weighted by molar-refractivity contribution is -0.00824. The van der Waals surface area contributed by atoms with E-state index < -0.39 is 12.2 Å². The van der Waals surface area contributed by atoms with Gasteiger partial charge >= 0.3 is 0 Å². The second kappa shape index (κ2) is 8.17. The zero-order valence-corrected chi connectivity index (χ0v) is 9.27. The highest BCUT2D eigenvalue weighted by atomic mass is 16.5. The minimum Gasteiger partial charge on any atom is -0.391 e. The van der Waals surface area contributed by atoms with E-state index in [1.54, 1.807) is 7.11 Å². The molecule has 14 heavy (non-hydrogen) atoms. The molecule has 0 aliphatic rings. The number of hydrogen-bond acceptors (Lipinski definition) is 4. The molecule has 0 amide bonds. The molecule has 2 N–H and O–H groups in total. The van der Waals surface area contributed by atoms with Gasteiger partial charge < -0.3 is 19.7 Å². The maximum absolute atomic E-state index is 9.44. The van der Waals surface area contributed by atoms with E-state index in [1.807, 2.05) is 13.8 Å². The fraction of sp³-hybridized carbons (Fsp3) is 1.00. The van der Waals surface area contributed by atoms with Crippen LogP contribution in [0, 0.1) is 0 Å². The number of aliphatic hydroxyl groups excluding tert-OH is 2. The quantitative estimate of drug-likeness (QED) is 0.609. The van der Waals surface area contributed by atoms with Gasteiger partial charge in [0.05, 0.1) is 31.5 Å². The van der Waals surface area contributed by atoms with E-state index in [4.69, 9.17) is 9.47 Å². The van der Waals surface area contributed by atoms with Gasteiger partial charge in [-0.3, -0.25) is 0 Å². The average Bonchev–Trinajstić information content (AvgIpc) is 2.12. The summed E-state index contributed by atoms with van der Waals surface area (Å²) in [5, 5.41) is 18.7. The van der Waals surface area contributed by atoms with E-state index in [0.717, 1.165) is 0 Å². The molecule has 0 bridgehead atoms. The number of ether oxygens (including phenoxy) is 2. The highest BCUT2D eigenvalue weighted by Gasteiger charge is 2.09. The summed E-state index contributed by atoms with van der Waals surface area (Å²) in [6, 6.07) is 0. The molecule has 2 unspecified atom stereocenters. The number of methoxy groups -OCH3 is 1. The SMILES string of the molecule is COCC(O)CCC(O)COC(C)C. The first kappa shape index (κ1) is 13.8. The lowest BCUT2D eigenvalue weighted by Gasteiger charge is -2.15. The maximum atomic E-state index is 9.44. The summed E-state index contributed by atoms with van der Waals surface area (Å²) in [5.41, 5.74) is 0. The predicted octanol–water partition coefficient (Wildman–Crippen LogP) is 0.560. The Labute approximate surface area is 85.8 Å². The van der Waals surface area contributed by atoms with Gasteiger partial charge in [0.15, 0.2) is 0 Å². The molecule has 0 aliphatic heterocycles. The van der Waals surface area contributed by atoms with Crippen LogP contribution in [0.25, 0.3) is 0 Å². The Morgan fingerprint density at radius 3 is 1.93 bits per heavy atom. The van der Waals surface area contributed by atoms with Gasteiger partial charge in [0.25, 0.3) is 0 Å². The Morgan fingerprint density at radius 2 is 1.50 bits per heavy atom. The van der Waals surface area contributed by atoms with Crippen molar-refractivity contribution in [2.24, 2.45) is 0 Å². The first-order valence-corrected chi connectivity index (χ1v) is 5.03. The van der Waals surface area contributed by atoms with Crippen molar-refractivity contribution in [1.82, 2.24) is 0 Å². The van der Waals surface area contributed by atoms with Gasteiger partial charge in [0.1, 0.15) is 0 Å². The lowest BCUT2D eigenvalue weighted by atomic mass is 10.1. The molecule has 0 aliphatic carbocycles. The van der Waals surface area contributed by atoms with Crippen molar-refractivity contribution in [3.05, 3.63) is 0 Å². The summed E-state index contributed by atoms with van der Waals surface area (Å²) in [6.45, 7) is 4.49. The van der Waals surface area contributed by atoms with Crippen LogP contribution in [0.3, 0.4) is 0 Å². The maximum Gasteiger partial charge on any atom is 0.0774 e. The molecule has 0 aromatic rings. The van der Waals surface area contributed by atoms with Crippen molar-refractivity contribution in [3.63, 3.8) is 0 Å². The van der Waals surface area contributed by atoms with Gasteiger partial charge in [-0.25, -0.2) is 0 Å². The number of aliphatic hydroxyl groups is 2. The Morgan fingerprint density at radius 1 is 1.00 bits per heavy atom. The molecule has 0 saturated heterocycles.